The molecule has 2 rings (SSSR count). The standard InChI is InChI=1S/C20H40N4O2S/c1-5-21-19(22-17-20(2,3)10-14-27(4,25)26)24-13-9-18(16-24)15-23-11-7-6-8-12-23/h18H,5-17H2,1-4H3,(H,21,22). The second-order valence-corrected chi connectivity index (χ2v) is 11.4. The lowest BCUT2D eigenvalue weighted by Crippen LogP contribution is -2.42. The van der Waals surface area contributed by atoms with Crippen LogP contribution < -0.4 is 5.32 Å². The van der Waals surface area contributed by atoms with Gasteiger partial charge in [0.15, 0.2) is 5.96 Å². The Morgan fingerprint density at radius 1 is 1.19 bits per heavy atom. The summed E-state index contributed by atoms with van der Waals surface area (Å²) in [5, 5.41) is 3.44. The SMILES string of the molecule is CCNC(=NCC(C)(C)CCS(C)(=O)=O)N1CCC(CN2CCCCC2)C1. The van der Waals surface area contributed by atoms with E-state index in [1.54, 1.807) is 0 Å². The molecule has 2 fully saturated rings. The van der Waals surface area contributed by atoms with Crippen LogP contribution in [0.25, 0.3) is 0 Å². The third-order valence-corrected chi connectivity index (χ3v) is 6.64. The molecule has 1 atom stereocenters. The molecule has 158 valence electrons. The van der Waals surface area contributed by atoms with E-state index in [2.05, 4.69) is 35.9 Å². The molecule has 0 aromatic rings. The van der Waals surface area contributed by atoms with Crippen molar-refractivity contribution in [3.63, 3.8) is 0 Å². The smallest absolute Gasteiger partial charge is 0.193 e. The average Bonchev–Trinajstić information content (AvgIpc) is 3.06. The average molecular weight is 401 g/mol. The summed E-state index contributed by atoms with van der Waals surface area (Å²) in [5.41, 5.74) is -0.114. The lowest BCUT2D eigenvalue weighted by molar-refractivity contribution is 0.198. The number of rotatable bonds is 8. The van der Waals surface area contributed by atoms with Gasteiger partial charge in [0.25, 0.3) is 0 Å². The molecule has 1 N–H and O–H groups in total. The molecule has 0 bridgehead atoms. The summed E-state index contributed by atoms with van der Waals surface area (Å²) in [6.45, 7) is 13.7. The van der Waals surface area contributed by atoms with Crippen molar-refractivity contribution in [3.8, 4) is 0 Å². The van der Waals surface area contributed by atoms with Crippen LogP contribution >= 0.6 is 0 Å². The molecular formula is C20H40N4O2S. The number of nitrogens with zero attached hydrogens (tertiary/aromatic N) is 3. The van der Waals surface area contributed by atoms with Crippen LogP contribution in [0, 0.1) is 11.3 Å². The highest BCUT2D eigenvalue weighted by molar-refractivity contribution is 7.90. The lowest BCUT2D eigenvalue weighted by Gasteiger charge is -2.29. The van der Waals surface area contributed by atoms with Crippen molar-refractivity contribution >= 4 is 15.8 Å². The van der Waals surface area contributed by atoms with E-state index >= 15 is 0 Å². The van der Waals surface area contributed by atoms with Gasteiger partial charge in [0, 0.05) is 39.0 Å². The number of hydrogen-bond acceptors (Lipinski definition) is 4. The third kappa shape index (κ3) is 8.38. The third-order valence-electron chi connectivity index (χ3n) is 5.69. The summed E-state index contributed by atoms with van der Waals surface area (Å²) in [6, 6.07) is 0. The maximum absolute atomic E-state index is 11.5. The zero-order valence-corrected chi connectivity index (χ0v) is 18.7. The quantitative estimate of drug-likeness (QED) is 0.500. The van der Waals surface area contributed by atoms with Gasteiger partial charge in [-0.15, -0.1) is 0 Å². The van der Waals surface area contributed by atoms with Crippen LogP contribution in [0.5, 0.6) is 0 Å². The molecule has 2 aliphatic rings. The Hall–Kier alpha value is -0.820. The minimum absolute atomic E-state index is 0.114. The summed E-state index contributed by atoms with van der Waals surface area (Å²) in [4.78, 5) is 9.90. The van der Waals surface area contributed by atoms with Gasteiger partial charge in [0.05, 0.1) is 5.75 Å². The molecule has 2 saturated heterocycles. The van der Waals surface area contributed by atoms with Crippen molar-refractivity contribution < 1.29 is 8.42 Å². The van der Waals surface area contributed by atoms with Crippen LogP contribution in [0.15, 0.2) is 4.99 Å². The summed E-state index contributed by atoms with van der Waals surface area (Å²) in [5.74, 6) is 1.95. The first kappa shape index (κ1) is 22.5. The molecule has 2 heterocycles. The van der Waals surface area contributed by atoms with Crippen molar-refractivity contribution in [1.82, 2.24) is 15.1 Å². The van der Waals surface area contributed by atoms with Gasteiger partial charge < -0.3 is 15.1 Å². The Balaban J connectivity index is 1.88. The number of likely N-dealkylation sites (tertiary alicyclic amines) is 2. The van der Waals surface area contributed by atoms with Crippen LogP contribution in [0.2, 0.25) is 0 Å². The summed E-state index contributed by atoms with van der Waals surface area (Å²) in [7, 11) is -2.92. The van der Waals surface area contributed by atoms with Crippen LogP contribution in [0.4, 0.5) is 0 Å². The van der Waals surface area contributed by atoms with Gasteiger partial charge in [-0.3, -0.25) is 4.99 Å². The fourth-order valence-corrected chi connectivity index (χ4v) is 4.86. The number of nitrogens with one attached hydrogen (secondary N) is 1. The summed E-state index contributed by atoms with van der Waals surface area (Å²) >= 11 is 0. The van der Waals surface area contributed by atoms with E-state index < -0.39 is 9.84 Å². The van der Waals surface area contributed by atoms with Crippen LogP contribution in [-0.2, 0) is 9.84 Å². The van der Waals surface area contributed by atoms with Gasteiger partial charge in [-0.2, -0.15) is 0 Å². The van der Waals surface area contributed by atoms with Gasteiger partial charge in [0.1, 0.15) is 9.84 Å². The van der Waals surface area contributed by atoms with E-state index in [4.69, 9.17) is 4.99 Å². The molecular weight excluding hydrogens is 360 g/mol. The molecule has 0 radical (unpaired) electrons. The monoisotopic (exact) mass is 400 g/mol. The summed E-state index contributed by atoms with van der Waals surface area (Å²) in [6.07, 6.45) is 7.28. The normalized spacial score (nSPS) is 23.0. The van der Waals surface area contributed by atoms with Gasteiger partial charge in [-0.05, 0) is 57.0 Å². The first-order valence-corrected chi connectivity index (χ1v) is 12.7. The van der Waals surface area contributed by atoms with Crippen molar-refractivity contribution in [1.29, 1.82) is 0 Å². The van der Waals surface area contributed by atoms with Crippen molar-refractivity contribution in [3.05, 3.63) is 0 Å². The van der Waals surface area contributed by atoms with Gasteiger partial charge in [0.2, 0.25) is 0 Å². The van der Waals surface area contributed by atoms with Crippen molar-refractivity contribution in [2.45, 2.75) is 52.9 Å². The van der Waals surface area contributed by atoms with Crippen LogP contribution in [0.1, 0.15) is 52.9 Å². The Morgan fingerprint density at radius 3 is 2.52 bits per heavy atom. The maximum atomic E-state index is 11.5. The number of aliphatic imine (C=N–C) groups is 1. The predicted molar refractivity (Wildman–Crippen MR) is 114 cm³/mol. The number of piperidine rings is 1. The summed E-state index contributed by atoms with van der Waals surface area (Å²) < 4.78 is 22.9. The van der Waals surface area contributed by atoms with Crippen molar-refractivity contribution in [2.24, 2.45) is 16.3 Å². The van der Waals surface area contributed by atoms with Crippen LogP contribution in [0.3, 0.4) is 0 Å². The first-order chi connectivity index (χ1) is 12.7. The second kappa shape index (κ2) is 10.1. The van der Waals surface area contributed by atoms with Gasteiger partial charge >= 0.3 is 0 Å². The number of guanidine groups is 1. The highest BCUT2D eigenvalue weighted by Crippen LogP contribution is 2.23. The zero-order valence-electron chi connectivity index (χ0n) is 17.8. The Bertz CT molecular complexity index is 583. The van der Waals surface area contributed by atoms with Gasteiger partial charge in [-0.1, -0.05) is 20.3 Å². The number of sulfone groups is 1. The predicted octanol–water partition coefficient (Wildman–Crippen LogP) is 2.22. The molecule has 0 aromatic heterocycles. The molecule has 0 aliphatic carbocycles. The first-order valence-electron chi connectivity index (χ1n) is 10.6. The van der Waals surface area contributed by atoms with Gasteiger partial charge in [-0.25, -0.2) is 8.42 Å². The molecule has 0 saturated carbocycles. The van der Waals surface area contributed by atoms with E-state index in [1.807, 2.05) is 0 Å². The molecule has 1 unspecified atom stereocenters. The van der Waals surface area contributed by atoms with Crippen molar-refractivity contribution in [2.75, 3.05) is 57.8 Å². The Labute approximate surface area is 166 Å². The molecule has 0 amide bonds. The molecule has 0 aromatic carbocycles. The molecule has 7 heteroatoms. The largest absolute Gasteiger partial charge is 0.357 e. The fraction of sp³-hybridized carbons (Fsp3) is 0.950. The molecule has 0 spiro atoms. The van der Waals surface area contributed by atoms with Crippen LogP contribution in [-0.4, -0.2) is 82.0 Å². The van der Waals surface area contributed by atoms with E-state index in [9.17, 15) is 8.42 Å². The molecule has 2 aliphatic heterocycles. The van der Waals surface area contributed by atoms with E-state index in [0.717, 1.165) is 31.5 Å². The fourth-order valence-electron chi connectivity index (χ4n) is 3.94. The topological polar surface area (TPSA) is 65.0 Å². The molecule has 6 nitrogen and oxygen atoms in total. The van der Waals surface area contributed by atoms with E-state index in [-0.39, 0.29) is 11.2 Å². The highest BCUT2D eigenvalue weighted by Gasteiger charge is 2.28. The minimum Gasteiger partial charge on any atom is -0.357 e. The Kier molecular flexibility index (Phi) is 8.40. The lowest BCUT2D eigenvalue weighted by atomic mass is 9.90. The zero-order chi connectivity index (χ0) is 19.9. The minimum atomic E-state index is -2.92. The molecule has 27 heavy (non-hydrogen) atoms. The van der Waals surface area contributed by atoms with E-state index in [1.165, 1.54) is 51.6 Å². The highest BCUT2D eigenvalue weighted by atomic mass is 32.2. The maximum Gasteiger partial charge on any atom is 0.193 e. The Morgan fingerprint density at radius 2 is 1.89 bits per heavy atom. The second-order valence-electron chi connectivity index (χ2n) is 9.18. The van der Waals surface area contributed by atoms with E-state index in [0.29, 0.717) is 13.0 Å². The number of hydrogen-bond donors (Lipinski definition) is 1.